The van der Waals surface area contributed by atoms with Gasteiger partial charge >= 0.3 is 5.97 Å². The Bertz CT molecular complexity index is 1230. The number of ether oxygens (including phenoxy) is 1. The number of pyridine rings is 1. The Morgan fingerprint density at radius 1 is 1.34 bits per heavy atom. The minimum atomic E-state index is -1.58. The number of rotatable bonds is 8. The van der Waals surface area contributed by atoms with Crippen LogP contribution in [-0.4, -0.2) is 47.7 Å². The molecule has 0 bridgehead atoms. The van der Waals surface area contributed by atoms with Gasteiger partial charge in [0.2, 0.25) is 0 Å². The summed E-state index contributed by atoms with van der Waals surface area (Å²) in [6.07, 6.45) is 1.12. The summed E-state index contributed by atoms with van der Waals surface area (Å²) in [7, 11) is 1.50. The van der Waals surface area contributed by atoms with Crippen LogP contribution in [0.2, 0.25) is 0 Å². The Balaban J connectivity index is 1.44. The molecule has 0 radical (unpaired) electrons. The number of likely N-dealkylation sites (tertiary alicyclic amines) is 1. The fraction of sp³-hybridized carbons (Fsp3) is 0.407. The van der Waals surface area contributed by atoms with E-state index in [1.807, 2.05) is 17.5 Å². The predicted molar refractivity (Wildman–Crippen MR) is 133 cm³/mol. The molecule has 184 valence electrons. The van der Waals surface area contributed by atoms with Crippen molar-refractivity contribution in [3.63, 3.8) is 0 Å². The van der Waals surface area contributed by atoms with Gasteiger partial charge in [0.05, 0.1) is 36.7 Å². The third-order valence-electron chi connectivity index (χ3n) is 6.79. The Labute approximate surface area is 207 Å². The van der Waals surface area contributed by atoms with Gasteiger partial charge in [0, 0.05) is 10.9 Å². The summed E-state index contributed by atoms with van der Waals surface area (Å²) in [5.41, 5.74) is -0.0760. The molecular weight excluding hydrogens is 470 g/mol. The summed E-state index contributed by atoms with van der Waals surface area (Å²) in [4.78, 5) is 18.9. The highest BCUT2D eigenvalue weighted by molar-refractivity contribution is 7.10. The number of methoxy groups -OCH3 is 1. The van der Waals surface area contributed by atoms with E-state index in [0.29, 0.717) is 55.5 Å². The lowest BCUT2D eigenvalue weighted by molar-refractivity contribution is -0.141. The highest BCUT2D eigenvalue weighted by Gasteiger charge is 2.37. The van der Waals surface area contributed by atoms with Crippen LogP contribution in [0, 0.1) is 23.1 Å². The molecule has 0 aliphatic carbocycles. The van der Waals surface area contributed by atoms with Gasteiger partial charge in [-0.25, -0.2) is 8.78 Å². The van der Waals surface area contributed by atoms with Crippen LogP contribution in [0.1, 0.15) is 48.7 Å². The normalized spacial score (nSPS) is 16.4. The van der Waals surface area contributed by atoms with Crippen molar-refractivity contribution < 1.29 is 23.4 Å². The second-order valence-electron chi connectivity index (χ2n) is 9.03. The number of hydrogen-bond acceptors (Lipinski definition) is 5. The summed E-state index contributed by atoms with van der Waals surface area (Å²) in [6.45, 7) is 2.02. The second-order valence-corrected chi connectivity index (χ2v) is 9.98. The molecule has 1 N–H and O–H groups in total. The molecule has 4 rings (SSSR count). The van der Waals surface area contributed by atoms with E-state index in [1.165, 1.54) is 7.11 Å². The summed E-state index contributed by atoms with van der Waals surface area (Å²) >= 11 is 1.60. The van der Waals surface area contributed by atoms with Crippen LogP contribution in [-0.2, 0) is 4.79 Å². The Kier molecular flexibility index (Phi) is 7.99. The maximum Gasteiger partial charge on any atom is 0.303 e. The SMILES string of the molecule is COc1ccc2ncc(F)c([C@H](F)CCC3(CC(=O)O)CCN(CC#Cc4cccs4)CC3)c2c1. The summed E-state index contributed by atoms with van der Waals surface area (Å²) in [5, 5.41) is 11.9. The lowest BCUT2D eigenvalue weighted by Gasteiger charge is -2.41. The van der Waals surface area contributed by atoms with E-state index in [1.54, 1.807) is 29.5 Å². The quantitative estimate of drug-likeness (QED) is 0.395. The minimum absolute atomic E-state index is 0.0260. The maximum absolute atomic E-state index is 15.5. The van der Waals surface area contributed by atoms with E-state index >= 15 is 4.39 Å². The first-order valence-corrected chi connectivity index (χ1v) is 12.5. The van der Waals surface area contributed by atoms with E-state index in [9.17, 15) is 14.3 Å². The summed E-state index contributed by atoms with van der Waals surface area (Å²) in [6, 6.07) is 8.91. The molecule has 0 spiro atoms. The number of carbonyl (C=O) groups is 1. The summed E-state index contributed by atoms with van der Waals surface area (Å²) in [5.74, 6) is 5.23. The van der Waals surface area contributed by atoms with Gasteiger partial charge in [-0.1, -0.05) is 17.9 Å². The van der Waals surface area contributed by atoms with Gasteiger partial charge < -0.3 is 9.84 Å². The molecule has 0 amide bonds. The van der Waals surface area contributed by atoms with Gasteiger partial charge in [-0.15, -0.1) is 11.3 Å². The van der Waals surface area contributed by atoms with Crippen LogP contribution in [0.25, 0.3) is 10.9 Å². The number of aromatic nitrogens is 1. The standard InChI is InChI=1S/C27H28F2N2O3S/c1-34-19-6-7-24-21(16-19)26(23(29)18-30-24)22(28)8-9-27(17-25(32)33)10-13-31(14-11-27)12-2-4-20-5-3-15-35-20/h3,5-7,15-16,18,22H,8-14,17H2,1H3,(H,32,33)/t22-/m1/s1. The Hall–Kier alpha value is -3.02. The van der Waals surface area contributed by atoms with E-state index in [-0.39, 0.29) is 18.4 Å². The van der Waals surface area contributed by atoms with Gasteiger partial charge in [-0.3, -0.25) is 14.7 Å². The van der Waals surface area contributed by atoms with Crippen LogP contribution in [0.4, 0.5) is 8.78 Å². The van der Waals surface area contributed by atoms with Gasteiger partial charge in [0.25, 0.3) is 0 Å². The monoisotopic (exact) mass is 498 g/mol. The average Bonchev–Trinajstić information content (AvgIpc) is 3.36. The van der Waals surface area contributed by atoms with E-state index < -0.39 is 23.4 Å². The number of benzene rings is 1. The highest BCUT2D eigenvalue weighted by atomic mass is 32.1. The van der Waals surface area contributed by atoms with Crippen LogP contribution in [0.5, 0.6) is 5.75 Å². The average molecular weight is 499 g/mol. The smallest absolute Gasteiger partial charge is 0.303 e. The molecule has 2 aromatic heterocycles. The molecule has 5 nitrogen and oxygen atoms in total. The number of aliphatic carboxylic acids is 1. The lowest BCUT2D eigenvalue weighted by atomic mass is 9.71. The molecule has 1 aromatic carbocycles. The number of carboxylic acid groups (broad SMARTS) is 1. The zero-order chi connectivity index (χ0) is 24.8. The number of hydrogen-bond donors (Lipinski definition) is 1. The molecule has 1 aliphatic rings. The zero-order valence-electron chi connectivity index (χ0n) is 19.6. The highest BCUT2D eigenvalue weighted by Crippen LogP contribution is 2.43. The first kappa shape index (κ1) is 25.1. The molecule has 0 saturated carbocycles. The van der Waals surface area contributed by atoms with Crippen molar-refractivity contribution in [2.24, 2.45) is 5.41 Å². The molecule has 35 heavy (non-hydrogen) atoms. The maximum atomic E-state index is 15.5. The largest absolute Gasteiger partial charge is 0.497 e. The molecule has 3 aromatic rings. The number of fused-ring (bicyclic) bond motifs is 1. The van der Waals surface area contributed by atoms with Crippen LogP contribution in [0.15, 0.2) is 41.9 Å². The van der Waals surface area contributed by atoms with Crippen molar-refractivity contribution in [1.82, 2.24) is 9.88 Å². The fourth-order valence-electron chi connectivity index (χ4n) is 4.80. The first-order chi connectivity index (χ1) is 16.9. The first-order valence-electron chi connectivity index (χ1n) is 11.6. The Morgan fingerprint density at radius 3 is 2.83 bits per heavy atom. The molecule has 1 aliphatic heterocycles. The number of piperidine rings is 1. The van der Waals surface area contributed by atoms with Gasteiger partial charge in [-0.2, -0.15) is 0 Å². The molecule has 8 heteroatoms. The van der Waals surface area contributed by atoms with E-state index in [4.69, 9.17) is 4.74 Å². The van der Waals surface area contributed by atoms with Crippen molar-refractivity contribution in [2.45, 2.75) is 38.3 Å². The van der Waals surface area contributed by atoms with E-state index in [2.05, 4.69) is 21.7 Å². The molecule has 1 saturated heterocycles. The lowest BCUT2D eigenvalue weighted by Crippen LogP contribution is -2.41. The van der Waals surface area contributed by atoms with Gasteiger partial charge in [0.1, 0.15) is 17.7 Å². The van der Waals surface area contributed by atoms with Gasteiger partial charge in [0.15, 0.2) is 0 Å². The predicted octanol–water partition coefficient (Wildman–Crippen LogP) is 5.84. The molecule has 3 heterocycles. The van der Waals surface area contributed by atoms with Crippen molar-refractivity contribution in [3.8, 4) is 17.6 Å². The minimum Gasteiger partial charge on any atom is -0.497 e. The number of halogens is 2. The molecule has 1 fully saturated rings. The van der Waals surface area contributed by atoms with Crippen LogP contribution in [0.3, 0.4) is 0 Å². The number of thiophene rings is 1. The van der Waals surface area contributed by atoms with E-state index in [0.717, 1.165) is 11.1 Å². The number of nitrogens with zero attached hydrogens (tertiary/aromatic N) is 2. The third-order valence-corrected chi connectivity index (χ3v) is 7.57. The molecular formula is C27H28F2N2O3S. The van der Waals surface area contributed by atoms with Crippen LogP contribution < -0.4 is 4.74 Å². The number of carboxylic acids is 1. The fourth-order valence-corrected chi connectivity index (χ4v) is 5.39. The van der Waals surface area contributed by atoms with Crippen molar-refractivity contribution >= 4 is 28.2 Å². The van der Waals surface area contributed by atoms with Crippen molar-refractivity contribution in [3.05, 3.63) is 58.2 Å². The zero-order valence-corrected chi connectivity index (χ0v) is 20.4. The van der Waals surface area contributed by atoms with Crippen LogP contribution >= 0.6 is 11.3 Å². The van der Waals surface area contributed by atoms with Crippen molar-refractivity contribution in [2.75, 3.05) is 26.7 Å². The van der Waals surface area contributed by atoms with Gasteiger partial charge in [-0.05, 0) is 73.8 Å². The molecule has 0 unspecified atom stereocenters. The second kappa shape index (κ2) is 11.1. The summed E-state index contributed by atoms with van der Waals surface area (Å²) < 4.78 is 35.4. The van der Waals surface area contributed by atoms with Crippen molar-refractivity contribution in [1.29, 1.82) is 0 Å². The molecule has 1 atom stereocenters. The number of alkyl halides is 1. The Morgan fingerprint density at radius 2 is 2.14 bits per heavy atom. The topological polar surface area (TPSA) is 62.7 Å². The third kappa shape index (κ3) is 6.16.